The molecule has 1 heterocycles. The molecule has 0 spiro atoms. The van der Waals surface area contributed by atoms with E-state index < -0.39 is 114 Å². The fraction of sp³-hybridized carbons (Fsp3) is 0.743. The summed E-state index contributed by atoms with van der Waals surface area (Å²) in [6.07, 6.45) is 1.91. The molecule has 21 heteroatoms. The van der Waals surface area contributed by atoms with Gasteiger partial charge in [0.2, 0.25) is 47.3 Å². The van der Waals surface area contributed by atoms with Crippen molar-refractivity contribution in [3.05, 3.63) is 0 Å². The molecule has 8 amide bonds. The van der Waals surface area contributed by atoms with E-state index in [4.69, 9.17) is 16.6 Å². The van der Waals surface area contributed by atoms with Crippen LogP contribution in [-0.4, -0.2) is 131 Å². The zero-order valence-electron chi connectivity index (χ0n) is 32.8. The Balaban J connectivity index is 0. The molecule has 1 saturated heterocycles. The molecular weight excluding hydrogens is 755 g/mol. The number of amides is 8. The van der Waals surface area contributed by atoms with Crippen molar-refractivity contribution in [1.29, 1.82) is 0 Å². The molecular formula is C35H65N9O11S. The molecule has 1 fully saturated rings. The second-order valence-electron chi connectivity index (χ2n) is 14.1. The van der Waals surface area contributed by atoms with Crippen LogP contribution in [0.25, 0.3) is 0 Å². The van der Waals surface area contributed by atoms with Gasteiger partial charge in [-0.2, -0.15) is 11.8 Å². The van der Waals surface area contributed by atoms with Crippen molar-refractivity contribution in [3.63, 3.8) is 0 Å². The lowest BCUT2D eigenvalue weighted by Gasteiger charge is -2.29. The van der Waals surface area contributed by atoms with Crippen LogP contribution in [0.3, 0.4) is 0 Å². The molecule has 0 aromatic heterocycles. The molecule has 0 aromatic carbocycles. The van der Waals surface area contributed by atoms with Crippen LogP contribution in [-0.2, 0) is 43.2 Å². The van der Waals surface area contributed by atoms with Gasteiger partial charge in [-0.25, -0.2) is 0 Å². The van der Waals surface area contributed by atoms with E-state index in [0.29, 0.717) is 18.6 Å². The Morgan fingerprint density at radius 2 is 1.54 bits per heavy atom. The lowest BCUT2D eigenvalue weighted by molar-refractivity contribution is -0.137. The number of carboxylic acids is 1. The molecule has 0 radical (unpaired) electrons. The number of aliphatic hydroxyl groups excluding tert-OH is 1. The number of carboxylic acid groups (broad SMARTS) is 1. The average Bonchev–Trinajstić information content (AvgIpc) is 3.13. The van der Waals surface area contributed by atoms with Crippen LogP contribution in [0.1, 0.15) is 88.3 Å². The lowest BCUT2D eigenvalue weighted by Crippen LogP contribution is -2.61. The predicted molar refractivity (Wildman–Crippen MR) is 210 cm³/mol. The number of thioether (sulfide) groups is 1. The Kier molecular flexibility index (Phi) is 22.7. The maximum absolute atomic E-state index is 13.7. The third-order valence-corrected chi connectivity index (χ3v) is 10.0. The van der Waals surface area contributed by atoms with E-state index >= 15 is 0 Å². The fourth-order valence-electron chi connectivity index (χ4n) is 5.72. The smallest absolute Gasteiger partial charge is 0.303 e. The minimum Gasteiger partial charge on any atom is -0.481 e. The summed E-state index contributed by atoms with van der Waals surface area (Å²) in [6.45, 7) is 6.17. The van der Waals surface area contributed by atoms with Crippen molar-refractivity contribution in [3.8, 4) is 0 Å². The maximum atomic E-state index is 13.7. The maximum Gasteiger partial charge on any atom is 0.303 e. The predicted octanol–water partition coefficient (Wildman–Crippen LogP) is -2.41. The quantitative estimate of drug-likeness (QED) is 0.0688. The van der Waals surface area contributed by atoms with Crippen molar-refractivity contribution in [1.82, 2.24) is 37.2 Å². The Morgan fingerprint density at radius 3 is 2.09 bits per heavy atom. The highest BCUT2D eigenvalue weighted by molar-refractivity contribution is 7.98. The monoisotopic (exact) mass is 819 g/mol. The van der Waals surface area contributed by atoms with Gasteiger partial charge >= 0.3 is 5.97 Å². The minimum absolute atomic E-state index is 0. The fourth-order valence-corrected chi connectivity index (χ4v) is 6.19. The summed E-state index contributed by atoms with van der Waals surface area (Å²) >= 11 is 1.35. The molecule has 0 aromatic rings. The molecule has 13 N–H and O–H groups in total. The second kappa shape index (κ2) is 25.6. The molecule has 2 unspecified atom stereocenters. The SMILES string of the molecule is CC[C@H](C)[C@H](NC(=O)[C@@H](NC(=O)C1CCCCNC(=O)CCC(N[C@@H](CCC(=O)O)C(N)=O)C(=O)N[C@@H](CCSC)C(=O)N[C@@H](CO)C(=O)N1)C(C)C)C(N)=O.[HH].[HH]. The summed E-state index contributed by atoms with van der Waals surface area (Å²) < 4.78 is 0. The molecule has 1 aliphatic heterocycles. The van der Waals surface area contributed by atoms with E-state index in [1.807, 2.05) is 6.92 Å². The van der Waals surface area contributed by atoms with Crippen molar-refractivity contribution in [2.75, 3.05) is 25.2 Å². The summed E-state index contributed by atoms with van der Waals surface area (Å²) in [4.78, 5) is 116. The standard InChI is InChI=1S/C35H61N9O11S.2H2/c1-6-19(4)28(30(37)50)44-35(55)27(18(2)3)43-33(53)21-9-7-8-15-38-25(46)12-10-22(39-20(29(36)49)11-13-26(47)48)31(51)41-23(14-16-56-5)32(52)42-24(17-45)34(54)40-21;;/h18-24,27-28,39,45H,6-17H2,1-5H3,(H2,36,49)(H2,37,50)(H,38,46)(H,40,54)(H,41,51)(H,42,52)(H,43,53)(H,44,55)(H,47,48);2*1H/t19-,20-,21?,22?,23-,24-,27-,28-;;/m0../s1. The third-order valence-electron chi connectivity index (χ3n) is 9.37. The molecule has 8 atom stereocenters. The second-order valence-corrected chi connectivity index (χ2v) is 15.1. The van der Waals surface area contributed by atoms with E-state index in [1.165, 1.54) is 11.8 Å². The van der Waals surface area contributed by atoms with Gasteiger partial charge in [0.1, 0.15) is 30.2 Å². The number of rotatable bonds is 18. The minimum atomic E-state index is -1.58. The molecule has 0 saturated carbocycles. The number of hydrogen-bond acceptors (Lipinski definition) is 12. The van der Waals surface area contributed by atoms with E-state index in [0.717, 1.165) is 0 Å². The molecule has 56 heavy (non-hydrogen) atoms. The third kappa shape index (κ3) is 17.5. The highest BCUT2D eigenvalue weighted by Crippen LogP contribution is 2.12. The molecule has 322 valence electrons. The van der Waals surface area contributed by atoms with Gasteiger partial charge in [-0.1, -0.05) is 34.1 Å². The van der Waals surface area contributed by atoms with Gasteiger partial charge in [-0.05, 0) is 62.4 Å². The van der Waals surface area contributed by atoms with Crippen molar-refractivity contribution in [2.45, 2.75) is 128 Å². The highest BCUT2D eigenvalue weighted by atomic mass is 32.2. The average molecular weight is 820 g/mol. The Bertz CT molecular complexity index is 1400. The number of hydrogen-bond donors (Lipinski definition) is 11. The van der Waals surface area contributed by atoms with Gasteiger partial charge in [0.25, 0.3) is 0 Å². The molecule has 1 aliphatic rings. The van der Waals surface area contributed by atoms with E-state index in [9.17, 15) is 48.3 Å². The first-order valence-electron chi connectivity index (χ1n) is 18.8. The Morgan fingerprint density at radius 1 is 0.893 bits per heavy atom. The summed E-state index contributed by atoms with van der Waals surface area (Å²) in [5, 5.41) is 37.5. The van der Waals surface area contributed by atoms with Crippen LogP contribution in [0.15, 0.2) is 0 Å². The van der Waals surface area contributed by atoms with Crippen molar-refractivity contribution in [2.24, 2.45) is 23.3 Å². The lowest BCUT2D eigenvalue weighted by atomic mass is 9.96. The number of aliphatic carboxylic acids is 1. The first-order valence-corrected chi connectivity index (χ1v) is 20.2. The summed E-state index contributed by atoms with van der Waals surface area (Å²) in [7, 11) is 0. The van der Waals surface area contributed by atoms with Crippen LogP contribution >= 0.6 is 11.8 Å². The Hall–Kier alpha value is -4.50. The van der Waals surface area contributed by atoms with Gasteiger partial charge in [0.15, 0.2) is 0 Å². The summed E-state index contributed by atoms with van der Waals surface area (Å²) in [5.41, 5.74) is 11.0. The number of aliphatic hydroxyl groups is 1. The molecule has 0 aliphatic carbocycles. The number of carbonyl (C=O) groups excluding carboxylic acids is 8. The van der Waals surface area contributed by atoms with Crippen molar-refractivity contribution < 1.29 is 56.2 Å². The van der Waals surface area contributed by atoms with Gasteiger partial charge in [-0.15, -0.1) is 0 Å². The zero-order chi connectivity index (χ0) is 42.5. The van der Waals surface area contributed by atoms with E-state index in [-0.39, 0.29) is 53.8 Å². The zero-order valence-corrected chi connectivity index (χ0v) is 33.6. The van der Waals surface area contributed by atoms with Crippen LogP contribution in [0.5, 0.6) is 0 Å². The normalized spacial score (nSPS) is 22.7. The van der Waals surface area contributed by atoms with Gasteiger partial charge in [0.05, 0.1) is 18.7 Å². The highest BCUT2D eigenvalue weighted by Gasteiger charge is 2.35. The number of primary amides is 2. The summed E-state index contributed by atoms with van der Waals surface area (Å²) in [5.74, 6) is -7.74. The van der Waals surface area contributed by atoms with E-state index in [2.05, 4.69) is 37.2 Å². The van der Waals surface area contributed by atoms with Crippen LogP contribution < -0.4 is 48.7 Å². The number of carbonyl (C=O) groups is 9. The topological polar surface area (TPSA) is 330 Å². The Labute approximate surface area is 334 Å². The summed E-state index contributed by atoms with van der Waals surface area (Å²) in [6, 6.07) is -8.77. The molecule has 0 bridgehead atoms. The molecule has 20 nitrogen and oxygen atoms in total. The van der Waals surface area contributed by atoms with E-state index in [1.54, 1.807) is 27.0 Å². The van der Waals surface area contributed by atoms with Crippen LogP contribution in [0, 0.1) is 11.8 Å². The first-order chi connectivity index (χ1) is 26.4. The van der Waals surface area contributed by atoms with Crippen molar-refractivity contribution >= 4 is 65.0 Å². The van der Waals surface area contributed by atoms with Gasteiger partial charge in [0, 0.05) is 22.2 Å². The first kappa shape index (κ1) is 49.5. The van der Waals surface area contributed by atoms with Crippen LogP contribution in [0.2, 0.25) is 0 Å². The van der Waals surface area contributed by atoms with Crippen LogP contribution in [0.4, 0.5) is 0 Å². The number of nitrogens with two attached hydrogens (primary N) is 2. The largest absolute Gasteiger partial charge is 0.481 e. The van der Waals surface area contributed by atoms with Gasteiger partial charge in [-0.3, -0.25) is 48.5 Å². The number of nitrogens with one attached hydrogen (secondary N) is 7. The van der Waals surface area contributed by atoms with Gasteiger partial charge < -0.3 is 53.6 Å². The molecule has 1 rings (SSSR count).